The molecular weight excluding hydrogens is 340 g/mol. The van der Waals surface area contributed by atoms with Crippen LogP contribution in [-0.2, 0) is 14.8 Å². The monoisotopic (exact) mass is 362 g/mol. The largest absolute Gasteiger partial charge is 0.494 e. The minimum atomic E-state index is -3.56. The lowest BCUT2D eigenvalue weighted by Gasteiger charge is -2.10. The van der Waals surface area contributed by atoms with E-state index in [1.165, 1.54) is 13.1 Å². The summed E-state index contributed by atoms with van der Waals surface area (Å²) in [6.45, 7) is 2.14. The van der Waals surface area contributed by atoms with E-state index >= 15 is 0 Å². The van der Waals surface area contributed by atoms with Gasteiger partial charge in [-0.1, -0.05) is 24.3 Å². The number of aryl methyl sites for hydroxylation is 1. The number of rotatable bonds is 8. The average Bonchev–Trinajstić information content (AvgIpc) is 2.61. The third-order valence-corrected chi connectivity index (χ3v) is 5.15. The van der Waals surface area contributed by atoms with Crippen LogP contribution in [0.25, 0.3) is 0 Å². The van der Waals surface area contributed by atoms with Crippen LogP contribution in [-0.4, -0.2) is 28.0 Å². The van der Waals surface area contributed by atoms with Gasteiger partial charge in [0.25, 0.3) is 0 Å². The van der Waals surface area contributed by atoms with E-state index in [9.17, 15) is 13.2 Å². The zero-order chi connectivity index (χ0) is 18.3. The van der Waals surface area contributed by atoms with Gasteiger partial charge in [-0.15, -0.1) is 0 Å². The summed E-state index contributed by atoms with van der Waals surface area (Å²) in [5.74, 6) is 0.580. The summed E-state index contributed by atoms with van der Waals surface area (Å²) in [5, 5.41) is 2.72. The smallest absolute Gasteiger partial charge is 0.240 e. The lowest BCUT2D eigenvalue weighted by Crippen LogP contribution is -2.20. The summed E-state index contributed by atoms with van der Waals surface area (Å²) >= 11 is 0. The Morgan fingerprint density at radius 1 is 1.12 bits per heavy atom. The molecule has 25 heavy (non-hydrogen) atoms. The molecule has 0 fully saturated rings. The number of carbonyl (C=O) groups excluding carboxylic acids is 1. The van der Waals surface area contributed by atoms with Gasteiger partial charge in [0.15, 0.2) is 0 Å². The van der Waals surface area contributed by atoms with Crippen molar-refractivity contribution in [3.8, 4) is 5.75 Å². The Hall–Kier alpha value is -2.38. The van der Waals surface area contributed by atoms with Crippen LogP contribution in [0, 0.1) is 6.92 Å². The van der Waals surface area contributed by atoms with E-state index in [2.05, 4.69) is 10.0 Å². The van der Waals surface area contributed by atoms with E-state index < -0.39 is 10.0 Å². The fourth-order valence-electron chi connectivity index (χ4n) is 2.24. The van der Waals surface area contributed by atoms with Gasteiger partial charge in [-0.05, 0) is 50.2 Å². The molecule has 2 aromatic carbocycles. The minimum Gasteiger partial charge on any atom is -0.494 e. The summed E-state index contributed by atoms with van der Waals surface area (Å²) in [4.78, 5) is 12.2. The Balaban J connectivity index is 1.87. The molecule has 0 bridgehead atoms. The number of nitrogens with one attached hydrogen (secondary N) is 2. The first-order chi connectivity index (χ1) is 11.9. The van der Waals surface area contributed by atoms with Crippen molar-refractivity contribution in [3.63, 3.8) is 0 Å². The van der Waals surface area contributed by atoms with Gasteiger partial charge in [0.2, 0.25) is 15.9 Å². The van der Waals surface area contributed by atoms with Gasteiger partial charge in [0.05, 0.1) is 11.5 Å². The molecule has 0 radical (unpaired) electrons. The summed E-state index contributed by atoms with van der Waals surface area (Å²) in [6.07, 6.45) is 0.850. The highest BCUT2D eigenvalue weighted by molar-refractivity contribution is 7.89. The fraction of sp³-hybridized carbons (Fsp3) is 0.278. The maximum absolute atomic E-state index is 12.0. The van der Waals surface area contributed by atoms with Gasteiger partial charge in [-0.25, -0.2) is 13.1 Å². The van der Waals surface area contributed by atoms with E-state index in [0.717, 1.165) is 5.75 Å². The van der Waals surface area contributed by atoms with Crippen molar-refractivity contribution in [3.05, 3.63) is 54.1 Å². The molecule has 1 amide bonds. The number of ether oxygens (including phenoxy) is 1. The zero-order valence-electron chi connectivity index (χ0n) is 14.3. The Labute approximate surface area is 148 Å². The topological polar surface area (TPSA) is 84.5 Å². The van der Waals surface area contributed by atoms with Crippen molar-refractivity contribution in [1.29, 1.82) is 0 Å². The first kappa shape index (κ1) is 19.0. The number of hydrogen-bond acceptors (Lipinski definition) is 4. The SMILES string of the molecule is CNS(=O)(=O)c1cc(NC(=O)CCCOc2ccccc2)ccc1C. The van der Waals surface area contributed by atoms with Crippen LogP contribution in [0.5, 0.6) is 5.75 Å². The van der Waals surface area contributed by atoms with Crippen LogP contribution in [0.3, 0.4) is 0 Å². The molecule has 0 aromatic heterocycles. The van der Waals surface area contributed by atoms with E-state index in [-0.39, 0.29) is 17.2 Å². The van der Waals surface area contributed by atoms with Crippen LogP contribution >= 0.6 is 0 Å². The third kappa shape index (κ3) is 5.58. The number of amides is 1. The highest BCUT2D eigenvalue weighted by Crippen LogP contribution is 2.20. The number of hydrogen-bond donors (Lipinski definition) is 2. The normalized spacial score (nSPS) is 11.1. The molecule has 0 aliphatic carbocycles. The molecule has 0 aliphatic heterocycles. The van der Waals surface area contributed by atoms with E-state index in [0.29, 0.717) is 24.3 Å². The van der Waals surface area contributed by atoms with Crippen molar-refractivity contribution >= 4 is 21.6 Å². The molecule has 7 heteroatoms. The second-order valence-electron chi connectivity index (χ2n) is 5.50. The van der Waals surface area contributed by atoms with Gasteiger partial charge < -0.3 is 10.1 Å². The summed E-state index contributed by atoms with van der Waals surface area (Å²) < 4.78 is 31.7. The summed E-state index contributed by atoms with van der Waals surface area (Å²) in [5.41, 5.74) is 1.07. The lowest BCUT2D eigenvalue weighted by atomic mass is 10.2. The number of para-hydroxylation sites is 1. The summed E-state index contributed by atoms with van der Waals surface area (Å²) in [6, 6.07) is 14.2. The average molecular weight is 362 g/mol. The Kier molecular flexibility index (Phi) is 6.55. The maximum Gasteiger partial charge on any atom is 0.240 e. The molecule has 6 nitrogen and oxygen atoms in total. The maximum atomic E-state index is 12.0. The molecule has 2 rings (SSSR count). The first-order valence-corrected chi connectivity index (χ1v) is 9.42. The molecular formula is C18H22N2O4S. The van der Waals surface area contributed by atoms with Crippen LogP contribution in [0.2, 0.25) is 0 Å². The highest BCUT2D eigenvalue weighted by atomic mass is 32.2. The van der Waals surface area contributed by atoms with Crippen LogP contribution in [0.15, 0.2) is 53.4 Å². The summed E-state index contributed by atoms with van der Waals surface area (Å²) in [7, 11) is -2.21. The zero-order valence-corrected chi connectivity index (χ0v) is 15.1. The molecule has 2 N–H and O–H groups in total. The standard InChI is InChI=1S/C18H22N2O4S/c1-14-10-11-15(13-17(14)25(22,23)19-2)20-18(21)9-6-12-24-16-7-4-3-5-8-16/h3-5,7-8,10-11,13,19H,6,9,12H2,1-2H3,(H,20,21). The van der Waals surface area contributed by atoms with Gasteiger partial charge in [0, 0.05) is 12.1 Å². The fourth-order valence-corrected chi connectivity index (χ4v) is 3.23. The van der Waals surface area contributed by atoms with Gasteiger partial charge in [-0.2, -0.15) is 0 Å². The van der Waals surface area contributed by atoms with Crippen molar-refractivity contribution in [2.45, 2.75) is 24.7 Å². The van der Waals surface area contributed by atoms with E-state index in [1.807, 2.05) is 30.3 Å². The highest BCUT2D eigenvalue weighted by Gasteiger charge is 2.15. The molecule has 0 saturated carbocycles. The predicted molar refractivity (Wildman–Crippen MR) is 97.2 cm³/mol. The lowest BCUT2D eigenvalue weighted by molar-refractivity contribution is -0.116. The third-order valence-electron chi connectivity index (χ3n) is 3.59. The molecule has 0 atom stereocenters. The second kappa shape index (κ2) is 8.64. The van der Waals surface area contributed by atoms with Crippen molar-refractivity contribution < 1.29 is 17.9 Å². The molecule has 0 heterocycles. The van der Waals surface area contributed by atoms with Gasteiger partial charge in [-0.3, -0.25) is 4.79 Å². The molecule has 0 saturated heterocycles. The van der Waals surface area contributed by atoms with Crippen LogP contribution in [0.4, 0.5) is 5.69 Å². The number of carbonyl (C=O) groups is 1. The molecule has 2 aromatic rings. The van der Waals surface area contributed by atoms with Gasteiger partial charge >= 0.3 is 0 Å². The second-order valence-corrected chi connectivity index (χ2v) is 7.36. The minimum absolute atomic E-state index is 0.153. The molecule has 0 spiro atoms. The molecule has 134 valence electrons. The quantitative estimate of drug-likeness (QED) is 0.707. The van der Waals surface area contributed by atoms with Crippen LogP contribution in [0.1, 0.15) is 18.4 Å². The molecule has 0 aliphatic rings. The van der Waals surface area contributed by atoms with E-state index in [4.69, 9.17) is 4.74 Å². The van der Waals surface area contributed by atoms with Crippen molar-refractivity contribution in [2.24, 2.45) is 0 Å². The van der Waals surface area contributed by atoms with Crippen molar-refractivity contribution in [2.75, 3.05) is 19.0 Å². The number of benzene rings is 2. The van der Waals surface area contributed by atoms with Crippen molar-refractivity contribution in [1.82, 2.24) is 4.72 Å². The predicted octanol–water partition coefficient (Wildman–Crippen LogP) is 2.70. The molecule has 0 unspecified atom stereocenters. The van der Waals surface area contributed by atoms with Gasteiger partial charge in [0.1, 0.15) is 5.75 Å². The number of anilines is 1. The Bertz CT molecular complexity index is 820. The first-order valence-electron chi connectivity index (χ1n) is 7.94. The Morgan fingerprint density at radius 2 is 1.84 bits per heavy atom. The van der Waals surface area contributed by atoms with E-state index in [1.54, 1.807) is 19.1 Å². The Morgan fingerprint density at radius 3 is 2.52 bits per heavy atom. The van der Waals surface area contributed by atoms with Crippen LogP contribution < -0.4 is 14.8 Å². The number of sulfonamides is 1.